The van der Waals surface area contributed by atoms with E-state index in [9.17, 15) is 14.7 Å². The van der Waals surface area contributed by atoms with Crippen LogP contribution in [0.2, 0.25) is 0 Å². The highest BCUT2D eigenvalue weighted by atomic mass is 16.5. The van der Waals surface area contributed by atoms with Crippen molar-refractivity contribution in [1.82, 2.24) is 0 Å². The molecule has 3 aromatic carbocycles. The maximum Gasteiger partial charge on any atom is 0.305 e. The van der Waals surface area contributed by atoms with E-state index in [-0.39, 0.29) is 11.8 Å². The summed E-state index contributed by atoms with van der Waals surface area (Å²) in [6, 6.07) is 26.5. The van der Waals surface area contributed by atoms with Gasteiger partial charge in [-0.05, 0) is 29.5 Å². The molecule has 3 rings (SSSR count). The lowest BCUT2D eigenvalue weighted by atomic mass is 9.80. The quantitative estimate of drug-likeness (QED) is 0.160. The van der Waals surface area contributed by atoms with E-state index < -0.39 is 5.60 Å². The van der Waals surface area contributed by atoms with Crippen molar-refractivity contribution in [3.63, 3.8) is 0 Å². The van der Waals surface area contributed by atoms with Crippen LogP contribution in [0.5, 0.6) is 0 Å². The van der Waals surface area contributed by atoms with E-state index >= 15 is 0 Å². The lowest BCUT2D eigenvalue weighted by molar-refractivity contribution is -0.140. The number of ketones is 1. The van der Waals surface area contributed by atoms with Gasteiger partial charge in [0, 0.05) is 18.4 Å². The average molecular weight is 445 g/mol. The van der Waals surface area contributed by atoms with Gasteiger partial charge in [-0.25, -0.2) is 0 Å². The third-order valence-electron chi connectivity index (χ3n) is 6.02. The van der Waals surface area contributed by atoms with Gasteiger partial charge in [0.15, 0.2) is 5.78 Å². The summed E-state index contributed by atoms with van der Waals surface area (Å²) >= 11 is 0. The lowest BCUT2D eigenvalue weighted by Gasteiger charge is -2.30. The number of carbonyl (C=O) groups is 2. The smallest absolute Gasteiger partial charge is 0.305 e. The van der Waals surface area contributed by atoms with Crippen molar-refractivity contribution in [3.05, 3.63) is 107 Å². The van der Waals surface area contributed by atoms with E-state index in [2.05, 4.69) is 4.74 Å². The van der Waals surface area contributed by atoms with Gasteiger partial charge in [0.2, 0.25) is 0 Å². The highest BCUT2D eigenvalue weighted by Crippen LogP contribution is 2.36. The molecule has 4 heteroatoms. The third kappa shape index (κ3) is 6.39. The average Bonchev–Trinajstić information content (AvgIpc) is 2.88. The second-order valence-electron chi connectivity index (χ2n) is 8.29. The number of esters is 1. The zero-order valence-electron chi connectivity index (χ0n) is 19.2. The first kappa shape index (κ1) is 24.4. The first-order chi connectivity index (χ1) is 16.1. The standard InChI is InChI=1S/C29H32O4/c1-33-28(31)18-12-4-2-3-11-17-27(30)23-19-21-26(22-20-23)29(32,24-13-7-5-8-14-24)25-15-9-6-10-16-25/h5-10,13-16,19-22,32H,2-4,11-12,17-18H2,1H3. The molecule has 0 aliphatic carbocycles. The second-order valence-corrected chi connectivity index (χ2v) is 8.29. The van der Waals surface area contributed by atoms with E-state index in [1.165, 1.54) is 7.11 Å². The number of hydrogen-bond donors (Lipinski definition) is 1. The molecule has 0 bridgehead atoms. The summed E-state index contributed by atoms with van der Waals surface area (Å²) in [6.45, 7) is 0. The predicted molar refractivity (Wildman–Crippen MR) is 130 cm³/mol. The highest BCUT2D eigenvalue weighted by Gasteiger charge is 2.33. The van der Waals surface area contributed by atoms with Crippen molar-refractivity contribution < 1.29 is 19.4 Å². The van der Waals surface area contributed by atoms with E-state index in [0.29, 0.717) is 18.4 Å². The fourth-order valence-electron chi connectivity index (χ4n) is 4.09. The molecule has 0 heterocycles. The molecule has 0 aliphatic heterocycles. The van der Waals surface area contributed by atoms with Gasteiger partial charge < -0.3 is 9.84 Å². The number of rotatable bonds is 12. The number of methoxy groups -OCH3 is 1. The lowest BCUT2D eigenvalue weighted by Crippen LogP contribution is -2.28. The van der Waals surface area contributed by atoms with Crippen LogP contribution in [0.4, 0.5) is 0 Å². The summed E-state index contributed by atoms with van der Waals surface area (Å²) in [5.74, 6) is -0.0564. The van der Waals surface area contributed by atoms with Crippen LogP contribution in [0.1, 0.15) is 72.0 Å². The molecule has 0 amide bonds. The molecule has 172 valence electrons. The number of aliphatic hydroxyl groups is 1. The zero-order chi connectivity index (χ0) is 23.5. The molecule has 0 aliphatic rings. The topological polar surface area (TPSA) is 63.6 Å². The Morgan fingerprint density at radius 3 is 1.64 bits per heavy atom. The van der Waals surface area contributed by atoms with Crippen LogP contribution in [-0.2, 0) is 15.1 Å². The van der Waals surface area contributed by atoms with Crippen LogP contribution in [-0.4, -0.2) is 24.0 Å². The molecule has 0 spiro atoms. The Labute approximate surface area is 196 Å². The van der Waals surface area contributed by atoms with Crippen LogP contribution < -0.4 is 0 Å². The normalized spacial score (nSPS) is 11.2. The van der Waals surface area contributed by atoms with E-state index in [4.69, 9.17) is 0 Å². The first-order valence-electron chi connectivity index (χ1n) is 11.6. The predicted octanol–water partition coefficient (Wildman–Crippen LogP) is 6.06. The molecular weight excluding hydrogens is 412 g/mol. The third-order valence-corrected chi connectivity index (χ3v) is 6.02. The molecule has 3 aromatic rings. The Bertz CT molecular complexity index is 971. The van der Waals surface area contributed by atoms with Crippen molar-refractivity contribution in [2.75, 3.05) is 7.11 Å². The van der Waals surface area contributed by atoms with E-state index in [1.54, 1.807) is 0 Å². The maximum absolute atomic E-state index is 12.6. The number of carbonyl (C=O) groups excluding carboxylic acids is 2. The van der Waals surface area contributed by atoms with E-state index in [1.807, 2.05) is 84.9 Å². The molecule has 0 aromatic heterocycles. The van der Waals surface area contributed by atoms with Gasteiger partial charge >= 0.3 is 5.97 Å². The number of ether oxygens (including phenoxy) is 1. The van der Waals surface area contributed by atoms with Crippen molar-refractivity contribution in [3.8, 4) is 0 Å². The van der Waals surface area contributed by atoms with Crippen LogP contribution in [0, 0.1) is 0 Å². The van der Waals surface area contributed by atoms with Gasteiger partial charge in [-0.2, -0.15) is 0 Å². The molecule has 1 N–H and O–H groups in total. The molecule has 0 radical (unpaired) electrons. The minimum Gasteiger partial charge on any atom is -0.469 e. The maximum atomic E-state index is 12.6. The van der Waals surface area contributed by atoms with Gasteiger partial charge in [0.1, 0.15) is 5.60 Å². The van der Waals surface area contributed by atoms with Crippen LogP contribution >= 0.6 is 0 Å². The Balaban J connectivity index is 1.62. The van der Waals surface area contributed by atoms with Gasteiger partial charge in [0.05, 0.1) is 7.11 Å². The van der Waals surface area contributed by atoms with Crippen molar-refractivity contribution >= 4 is 11.8 Å². The van der Waals surface area contributed by atoms with Gasteiger partial charge in [-0.3, -0.25) is 9.59 Å². The zero-order valence-corrected chi connectivity index (χ0v) is 19.2. The summed E-state index contributed by atoms with van der Waals surface area (Å²) in [4.78, 5) is 23.8. The minimum atomic E-state index is -1.30. The summed E-state index contributed by atoms with van der Waals surface area (Å²) < 4.78 is 4.64. The molecule has 0 atom stereocenters. The Morgan fingerprint density at radius 1 is 0.667 bits per heavy atom. The van der Waals surface area contributed by atoms with Crippen LogP contribution in [0.3, 0.4) is 0 Å². The summed E-state index contributed by atoms with van der Waals surface area (Å²) in [6.07, 6.45) is 5.55. The first-order valence-corrected chi connectivity index (χ1v) is 11.6. The van der Waals surface area contributed by atoms with E-state index in [0.717, 1.165) is 48.8 Å². The fraction of sp³-hybridized carbons (Fsp3) is 0.310. The number of hydrogen-bond acceptors (Lipinski definition) is 4. The Hall–Kier alpha value is -3.24. The van der Waals surface area contributed by atoms with Crippen molar-refractivity contribution in [2.45, 2.75) is 50.5 Å². The SMILES string of the molecule is COC(=O)CCCCCCCC(=O)c1ccc(C(O)(c2ccccc2)c2ccccc2)cc1. The fourth-order valence-corrected chi connectivity index (χ4v) is 4.09. The molecule has 0 fully saturated rings. The van der Waals surface area contributed by atoms with Crippen LogP contribution in [0.15, 0.2) is 84.9 Å². The summed E-state index contributed by atoms with van der Waals surface area (Å²) in [5, 5.41) is 11.8. The summed E-state index contributed by atoms with van der Waals surface area (Å²) in [7, 11) is 1.41. The minimum absolute atomic E-state index is 0.110. The molecule has 33 heavy (non-hydrogen) atoms. The molecule has 4 nitrogen and oxygen atoms in total. The number of Topliss-reactive ketones (excluding diaryl/α,β-unsaturated/α-hetero) is 1. The molecular formula is C29H32O4. The number of benzene rings is 3. The van der Waals surface area contributed by atoms with Crippen molar-refractivity contribution in [1.29, 1.82) is 0 Å². The van der Waals surface area contributed by atoms with Crippen molar-refractivity contribution in [2.24, 2.45) is 0 Å². The molecule has 0 saturated heterocycles. The van der Waals surface area contributed by atoms with Crippen LogP contribution in [0.25, 0.3) is 0 Å². The second kappa shape index (κ2) is 12.1. The highest BCUT2D eigenvalue weighted by molar-refractivity contribution is 5.96. The Morgan fingerprint density at radius 2 is 1.12 bits per heavy atom. The molecule has 0 saturated carbocycles. The summed E-state index contributed by atoms with van der Waals surface area (Å²) in [5.41, 5.74) is 1.65. The number of unbranched alkanes of at least 4 members (excludes halogenated alkanes) is 4. The Kier molecular flexibility index (Phi) is 8.96. The van der Waals surface area contributed by atoms with Gasteiger partial charge in [0.25, 0.3) is 0 Å². The van der Waals surface area contributed by atoms with Gasteiger partial charge in [-0.1, -0.05) is 104 Å². The monoisotopic (exact) mass is 444 g/mol. The van der Waals surface area contributed by atoms with Gasteiger partial charge in [-0.15, -0.1) is 0 Å². The molecule has 0 unspecified atom stereocenters. The largest absolute Gasteiger partial charge is 0.469 e.